The van der Waals surface area contributed by atoms with Crippen LogP contribution in [-0.4, -0.2) is 30.4 Å². The van der Waals surface area contributed by atoms with Gasteiger partial charge in [0.25, 0.3) is 5.91 Å². The van der Waals surface area contributed by atoms with Crippen LogP contribution >= 0.6 is 23.2 Å². The average molecular weight is 368 g/mol. The number of nitrogens with zero attached hydrogens (tertiary/aromatic N) is 1. The van der Waals surface area contributed by atoms with Crippen molar-refractivity contribution in [3.05, 3.63) is 50.7 Å². The van der Waals surface area contributed by atoms with Gasteiger partial charge in [0.1, 0.15) is 0 Å². The van der Waals surface area contributed by atoms with Gasteiger partial charge in [0.05, 0.1) is 18.3 Å². The van der Waals surface area contributed by atoms with Gasteiger partial charge in [-0.25, -0.2) is 4.79 Å². The number of amides is 1. The first kappa shape index (κ1) is 18.6. The SMILES string of the molecule is COC(=O)C1=C(C)N(CC(C)C)C(=O)/C1=C\c1c(Cl)cccc1Cl. The molecule has 1 aromatic rings. The lowest BCUT2D eigenvalue weighted by molar-refractivity contribution is -0.136. The van der Waals surface area contributed by atoms with Crippen molar-refractivity contribution in [1.29, 1.82) is 0 Å². The van der Waals surface area contributed by atoms with Crippen molar-refractivity contribution in [3.63, 3.8) is 0 Å². The summed E-state index contributed by atoms with van der Waals surface area (Å²) in [5.74, 6) is -0.551. The molecule has 0 atom stereocenters. The van der Waals surface area contributed by atoms with Gasteiger partial charge in [-0.2, -0.15) is 0 Å². The van der Waals surface area contributed by atoms with Crippen molar-refractivity contribution in [3.8, 4) is 0 Å². The number of esters is 1. The van der Waals surface area contributed by atoms with E-state index in [4.69, 9.17) is 27.9 Å². The predicted octanol–water partition coefficient (Wildman–Crippen LogP) is 4.32. The zero-order chi connectivity index (χ0) is 18.0. The van der Waals surface area contributed by atoms with E-state index in [1.54, 1.807) is 36.1 Å². The maximum atomic E-state index is 12.8. The molecule has 6 heteroatoms. The Kier molecular flexibility index (Phi) is 5.73. The molecular formula is C18H19Cl2NO3. The Balaban J connectivity index is 2.61. The minimum atomic E-state index is -0.554. The predicted molar refractivity (Wildman–Crippen MR) is 95.7 cm³/mol. The standard InChI is InChI=1S/C18H19Cl2NO3/c1-10(2)9-21-11(3)16(18(23)24-4)13(17(21)22)8-12-14(19)6-5-7-15(12)20/h5-8,10H,9H2,1-4H3/b13-8-. The van der Waals surface area contributed by atoms with Crippen molar-refractivity contribution >= 4 is 41.2 Å². The van der Waals surface area contributed by atoms with Crippen molar-refractivity contribution in [2.24, 2.45) is 5.92 Å². The number of carbonyl (C=O) groups is 2. The van der Waals surface area contributed by atoms with Crippen molar-refractivity contribution in [1.82, 2.24) is 4.90 Å². The molecule has 0 saturated carbocycles. The molecule has 24 heavy (non-hydrogen) atoms. The van der Waals surface area contributed by atoms with Crippen LogP contribution in [0.2, 0.25) is 10.0 Å². The molecule has 0 bridgehead atoms. The lowest BCUT2D eigenvalue weighted by Gasteiger charge is -2.20. The summed E-state index contributed by atoms with van der Waals surface area (Å²) in [6.07, 6.45) is 1.56. The number of carbonyl (C=O) groups excluding carboxylic acids is 2. The quantitative estimate of drug-likeness (QED) is 0.587. The van der Waals surface area contributed by atoms with E-state index in [9.17, 15) is 9.59 Å². The van der Waals surface area contributed by atoms with Gasteiger partial charge in [-0.05, 0) is 31.1 Å². The number of methoxy groups -OCH3 is 1. The molecule has 0 aliphatic carbocycles. The molecule has 1 aliphatic rings. The van der Waals surface area contributed by atoms with Crippen LogP contribution in [0.25, 0.3) is 6.08 Å². The fraction of sp³-hybridized carbons (Fsp3) is 0.333. The first-order chi connectivity index (χ1) is 11.3. The molecule has 0 radical (unpaired) electrons. The van der Waals surface area contributed by atoms with Crippen LogP contribution in [0.5, 0.6) is 0 Å². The summed E-state index contributed by atoms with van der Waals surface area (Å²) >= 11 is 12.4. The van der Waals surface area contributed by atoms with E-state index < -0.39 is 5.97 Å². The third-order valence-electron chi connectivity index (χ3n) is 3.74. The number of ether oxygens (including phenoxy) is 1. The first-order valence-corrected chi connectivity index (χ1v) is 8.30. The van der Waals surface area contributed by atoms with Crippen LogP contribution < -0.4 is 0 Å². The molecule has 128 valence electrons. The molecule has 1 heterocycles. The Morgan fingerprint density at radius 2 is 1.88 bits per heavy atom. The molecule has 0 spiro atoms. The first-order valence-electron chi connectivity index (χ1n) is 7.55. The highest BCUT2D eigenvalue weighted by Gasteiger charge is 2.37. The zero-order valence-corrected chi connectivity index (χ0v) is 15.5. The Morgan fingerprint density at radius 3 is 2.38 bits per heavy atom. The Hall–Kier alpha value is -1.78. The summed E-state index contributed by atoms with van der Waals surface area (Å²) in [5.41, 5.74) is 1.58. The van der Waals surface area contributed by atoms with Crippen molar-refractivity contribution in [2.75, 3.05) is 13.7 Å². The van der Waals surface area contributed by atoms with Crippen LogP contribution in [0.4, 0.5) is 0 Å². The van der Waals surface area contributed by atoms with Gasteiger partial charge in [-0.15, -0.1) is 0 Å². The fourth-order valence-corrected chi connectivity index (χ4v) is 3.11. The number of allylic oxidation sites excluding steroid dienone is 1. The molecule has 4 nitrogen and oxygen atoms in total. The fourth-order valence-electron chi connectivity index (χ4n) is 2.61. The van der Waals surface area contributed by atoms with Crippen molar-refractivity contribution < 1.29 is 14.3 Å². The van der Waals surface area contributed by atoms with Crippen LogP contribution in [0, 0.1) is 5.92 Å². The number of hydrogen-bond acceptors (Lipinski definition) is 3. The van der Waals surface area contributed by atoms with Crippen LogP contribution in [0.3, 0.4) is 0 Å². The molecule has 1 aliphatic heterocycles. The van der Waals surface area contributed by atoms with E-state index in [0.29, 0.717) is 27.9 Å². The van der Waals surface area contributed by atoms with Gasteiger partial charge in [0, 0.05) is 27.9 Å². The topological polar surface area (TPSA) is 46.6 Å². The normalized spacial score (nSPS) is 16.5. The summed E-state index contributed by atoms with van der Waals surface area (Å²) in [7, 11) is 1.29. The minimum Gasteiger partial charge on any atom is -0.465 e. The number of benzene rings is 1. The minimum absolute atomic E-state index is 0.245. The second-order valence-electron chi connectivity index (χ2n) is 5.95. The highest BCUT2D eigenvalue weighted by atomic mass is 35.5. The van der Waals surface area contributed by atoms with E-state index in [-0.39, 0.29) is 23.0 Å². The molecule has 0 fully saturated rings. The van der Waals surface area contributed by atoms with Gasteiger partial charge < -0.3 is 9.64 Å². The summed E-state index contributed by atoms with van der Waals surface area (Å²) < 4.78 is 4.85. The van der Waals surface area contributed by atoms with Gasteiger partial charge in [-0.1, -0.05) is 43.1 Å². The monoisotopic (exact) mass is 367 g/mol. The van der Waals surface area contributed by atoms with E-state index in [2.05, 4.69) is 0 Å². The van der Waals surface area contributed by atoms with E-state index >= 15 is 0 Å². The van der Waals surface area contributed by atoms with E-state index in [1.165, 1.54) is 7.11 Å². The second kappa shape index (κ2) is 7.41. The highest BCUT2D eigenvalue weighted by Crippen LogP contribution is 2.35. The lowest BCUT2D eigenvalue weighted by Crippen LogP contribution is -2.28. The van der Waals surface area contributed by atoms with Crippen LogP contribution in [-0.2, 0) is 14.3 Å². The van der Waals surface area contributed by atoms with Crippen LogP contribution in [0.15, 0.2) is 35.0 Å². The second-order valence-corrected chi connectivity index (χ2v) is 6.77. The molecule has 0 N–H and O–H groups in total. The average Bonchev–Trinajstić information content (AvgIpc) is 2.74. The number of hydrogen-bond donors (Lipinski definition) is 0. The zero-order valence-electron chi connectivity index (χ0n) is 14.0. The summed E-state index contributed by atoms with van der Waals surface area (Å²) in [6, 6.07) is 5.08. The van der Waals surface area contributed by atoms with Gasteiger partial charge >= 0.3 is 5.97 Å². The lowest BCUT2D eigenvalue weighted by atomic mass is 10.0. The number of rotatable bonds is 4. The molecule has 0 unspecified atom stereocenters. The third kappa shape index (κ3) is 3.50. The summed E-state index contributed by atoms with van der Waals surface area (Å²) in [5, 5.41) is 0.818. The molecule has 0 saturated heterocycles. The van der Waals surface area contributed by atoms with Gasteiger partial charge in [0.15, 0.2) is 0 Å². The third-order valence-corrected chi connectivity index (χ3v) is 4.40. The summed E-state index contributed by atoms with van der Waals surface area (Å²) in [4.78, 5) is 26.6. The number of halogens is 2. The maximum Gasteiger partial charge on any atom is 0.340 e. The smallest absolute Gasteiger partial charge is 0.340 e. The van der Waals surface area contributed by atoms with Crippen LogP contribution in [0.1, 0.15) is 26.3 Å². The molecular weight excluding hydrogens is 349 g/mol. The molecule has 0 aromatic heterocycles. The molecule has 1 amide bonds. The molecule has 1 aromatic carbocycles. The maximum absolute atomic E-state index is 12.8. The van der Waals surface area contributed by atoms with E-state index in [1.807, 2.05) is 13.8 Å². The van der Waals surface area contributed by atoms with Gasteiger partial charge in [-0.3, -0.25) is 4.79 Å². The Morgan fingerprint density at radius 1 is 1.29 bits per heavy atom. The Bertz CT molecular complexity index is 730. The van der Waals surface area contributed by atoms with Gasteiger partial charge in [0.2, 0.25) is 0 Å². The highest BCUT2D eigenvalue weighted by molar-refractivity contribution is 6.37. The largest absolute Gasteiger partial charge is 0.465 e. The Labute approximate surface area is 151 Å². The van der Waals surface area contributed by atoms with Crippen molar-refractivity contribution in [2.45, 2.75) is 20.8 Å². The summed E-state index contributed by atoms with van der Waals surface area (Å²) in [6.45, 7) is 6.26. The van der Waals surface area contributed by atoms with E-state index in [0.717, 1.165) is 0 Å². The molecule has 2 rings (SSSR count).